The maximum Gasteiger partial charge on any atom is 0.274 e. The van der Waals surface area contributed by atoms with Gasteiger partial charge >= 0.3 is 0 Å². The first-order valence-corrected chi connectivity index (χ1v) is 5.84. The molecule has 94 valence electrons. The Morgan fingerprint density at radius 3 is 2.72 bits per heavy atom. The molecule has 0 amide bonds. The van der Waals surface area contributed by atoms with E-state index in [-0.39, 0.29) is 5.69 Å². The first-order chi connectivity index (χ1) is 8.65. The molecule has 2 heterocycles. The predicted molar refractivity (Wildman–Crippen MR) is 66.8 cm³/mol. The summed E-state index contributed by atoms with van der Waals surface area (Å²) in [4.78, 5) is 14.5. The van der Waals surface area contributed by atoms with Crippen molar-refractivity contribution in [1.82, 2.24) is 14.8 Å². The van der Waals surface area contributed by atoms with Crippen molar-refractivity contribution in [1.29, 1.82) is 0 Å². The van der Waals surface area contributed by atoms with Gasteiger partial charge in [-0.2, -0.15) is 5.10 Å². The molecule has 0 aliphatic heterocycles. The fourth-order valence-corrected chi connectivity index (χ4v) is 1.74. The molecular formula is C12H14N4O2. The highest BCUT2D eigenvalue weighted by atomic mass is 16.6. The summed E-state index contributed by atoms with van der Waals surface area (Å²) in [5, 5.41) is 15.2. The molecule has 2 aromatic heterocycles. The van der Waals surface area contributed by atoms with Crippen molar-refractivity contribution in [3.05, 3.63) is 45.9 Å². The molecule has 2 rings (SSSR count). The third-order valence-corrected chi connectivity index (χ3v) is 2.72. The van der Waals surface area contributed by atoms with Crippen LogP contribution in [0, 0.1) is 10.1 Å². The molecule has 6 heteroatoms. The molecule has 18 heavy (non-hydrogen) atoms. The van der Waals surface area contributed by atoms with Gasteiger partial charge < -0.3 is 0 Å². The lowest BCUT2D eigenvalue weighted by Crippen LogP contribution is -2.04. The minimum atomic E-state index is -0.430. The van der Waals surface area contributed by atoms with Crippen LogP contribution in [0.25, 0.3) is 5.82 Å². The van der Waals surface area contributed by atoms with Crippen LogP contribution < -0.4 is 0 Å². The van der Waals surface area contributed by atoms with Crippen LogP contribution in [0.3, 0.4) is 0 Å². The van der Waals surface area contributed by atoms with E-state index >= 15 is 0 Å². The second kappa shape index (κ2) is 4.95. The second-order valence-electron chi connectivity index (χ2n) is 3.88. The highest BCUT2D eigenvalue weighted by molar-refractivity contribution is 5.38. The highest BCUT2D eigenvalue weighted by Gasteiger charge is 2.12. The fraction of sp³-hybridized carbons (Fsp3) is 0.333. The summed E-state index contributed by atoms with van der Waals surface area (Å²) in [5.74, 6) is 0.487. The Bertz CT molecular complexity index is 577. The first kappa shape index (κ1) is 12.2. The quantitative estimate of drug-likeness (QED) is 0.612. The molecule has 0 unspecified atom stereocenters. The monoisotopic (exact) mass is 246 g/mol. The number of aryl methyl sites for hydroxylation is 2. The molecule has 0 aromatic carbocycles. The van der Waals surface area contributed by atoms with Crippen LogP contribution >= 0.6 is 0 Å². The highest BCUT2D eigenvalue weighted by Crippen LogP contribution is 2.16. The molecule has 0 bridgehead atoms. The standard InChI is InChI=1S/C12H14N4O2/c1-3-9-7-10(4-2)15(14-9)12-8-11(16(17)18)5-6-13-12/h5-8H,3-4H2,1-2H3. The second-order valence-corrected chi connectivity index (χ2v) is 3.88. The maximum absolute atomic E-state index is 10.7. The maximum atomic E-state index is 10.7. The van der Waals surface area contributed by atoms with E-state index in [1.54, 1.807) is 4.68 Å². The molecular weight excluding hydrogens is 232 g/mol. The molecule has 0 saturated heterocycles. The Labute approximate surface area is 104 Å². The van der Waals surface area contributed by atoms with Gasteiger partial charge in [-0.15, -0.1) is 0 Å². The Morgan fingerprint density at radius 1 is 1.33 bits per heavy atom. The summed E-state index contributed by atoms with van der Waals surface area (Å²) in [6.07, 6.45) is 3.06. The summed E-state index contributed by atoms with van der Waals surface area (Å²) in [6, 6.07) is 4.81. The van der Waals surface area contributed by atoms with Crippen molar-refractivity contribution >= 4 is 5.69 Å². The topological polar surface area (TPSA) is 73.8 Å². The Morgan fingerprint density at radius 2 is 2.11 bits per heavy atom. The number of aromatic nitrogens is 3. The third-order valence-electron chi connectivity index (χ3n) is 2.72. The zero-order chi connectivity index (χ0) is 13.1. The van der Waals surface area contributed by atoms with Crippen molar-refractivity contribution < 1.29 is 4.92 Å². The van der Waals surface area contributed by atoms with Gasteiger partial charge in [0.1, 0.15) is 0 Å². The minimum Gasteiger partial charge on any atom is -0.258 e. The van der Waals surface area contributed by atoms with E-state index in [0.717, 1.165) is 24.2 Å². The van der Waals surface area contributed by atoms with E-state index in [0.29, 0.717) is 5.82 Å². The largest absolute Gasteiger partial charge is 0.274 e. The molecule has 6 nitrogen and oxygen atoms in total. The lowest BCUT2D eigenvalue weighted by molar-refractivity contribution is -0.384. The van der Waals surface area contributed by atoms with E-state index in [4.69, 9.17) is 0 Å². The van der Waals surface area contributed by atoms with Crippen LogP contribution in [-0.4, -0.2) is 19.7 Å². The number of pyridine rings is 1. The van der Waals surface area contributed by atoms with Crippen LogP contribution in [0.4, 0.5) is 5.69 Å². The van der Waals surface area contributed by atoms with E-state index < -0.39 is 4.92 Å². The number of hydrogen-bond donors (Lipinski definition) is 0. The van der Waals surface area contributed by atoms with Gasteiger partial charge in [-0.25, -0.2) is 9.67 Å². The SMILES string of the molecule is CCc1cc(CC)n(-c2cc([N+](=O)[O-])ccn2)n1. The van der Waals surface area contributed by atoms with Crippen molar-refractivity contribution in [2.75, 3.05) is 0 Å². The fourth-order valence-electron chi connectivity index (χ4n) is 1.74. The van der Waals surface area contributed by atoms with Crippen molar-refractivity contribution in [3.8, 4) is 5.82 Å². The lowest BCUT2D eigenvalue weighted by atomic mass is 10.2. The first-order valence-electron chi connectivity index (χ1n) is 5.84. The van der Waals surface area contributed by atoms with Gasteiger partial charge in [-0.1, -0.05) is 13.8 Å². The Balaban J connectivity index is 2.50. The van der Waals surface area contributed by atoms with Gasteiger partial charge in [0.05, 0.1) is 16.7 Å². The van der Waals surface area contributed by atoms with Crippen LogP contribution in [0.1, 0.15) is 25.2 Å². The Hall–Kier alpha value is -2.24. The summed E-state index contributed by atoms with van der Waals surface area (Å²) >= 11 is 0. The van der Waals surface area contributed by atoms with Crippen LogP contribution in [-0.2, 0) is 12.8 Å². The zero-order valence-corrected chi connectivity index (χ0v) is 10.3. The average molecular weight is 246 g/mol. The van der Waals surface area contributed by atoms with Crippen molar-refractivity contribution in [2.45, 2.75) is 26.7 Å². The molecule has 0 fully saturated rings. The third kappa shape index (κ3) is 2.22. The summed E-state index contributed by atoms with van der Waals surface area (Å²) in [6.45, 7) is 4.04. The predicted octanol–water partition coefficient (Wildman–Crippen LogP) is 2.30. The molecule has 0 aliphatic carbocycles. The zero-order valence-electron chi connectivity index (χ0n) is 10.3. The normalized spacial score (nSPS) is 10.6. The molecule has 0 atom stereocenters. The lowest BCUT2D eigenvalue weighted by Gasteiger charge is -2.03. The summed E-state index contributed by atoms with van der Waals surface area (Å²) in [7, 11) is 0. The van der Waals surface area contributed by atoms with E-state index in [9.17, 15) is 10.1 Å². The van der Waals surface area contributed by atoms with Crippen LogP contribution in [0.2, 0.25) is 0 Å². The van der Waals surface area contributed by atoms with Gasteiger partial charge in [-0.3, -0.25) is 10.1 Å². The minimum absolute atomic E-state index is 0.0237. The van der Waals surface area contributed by atoms with Crippen molar-refractivity contribution in [2.24, 2.45) is 0 Å². The van der Waals surface area contributed by atoms with Crippen LogP contribution in [0.15, 0.2) is 24.4 Å². The smallest absolute Gasteiger partial charge is 0.258 e. The van der Waals surface area contributed by atoms with Gasteiger partial charge in [-0.05, 0) is 18.9 Å². The summed E-state index contributed by atoms with van der Waals surface area (Å²) in [5.41, 5.74) is 1.98. The molecule has 0 spiro atoms. The number of rotatable bonds is 4. The number of nitro groups is 1. The van der Waals surface area contributed by atoms with E-state index in [1.807, 2.05) is 19.9 Å². The van der Waals surface area contributed by atoms with E-state index in [1.165, 1.54) is 18.3 Å². The number of hydrogen-bond acceptors (Lipinski definition) is 4. The molecule has 0 aliphatic rings. The van der Waals surface area contributed by atoms with Crippen LogP contribution in [0.5, 0.6) is 0 Å². The summed E-state index contributed by atoms with van der Waals surface area (Å²) < 4.78 is 1.67. The van der Waals surface area contributed by atoms with Gasteiger partial charge in [0, 0.05) is 18.0 Å². The molecule has 0 saturated carbocycles. The van der Waals surface area contributed by atoms with Gasteiger partial charge in [0.15, 0.2) is 5.82 Å². The molecule has 0 radical (unpaired) electrons. The average Bonchev–Trinajstić information content (AvgIpc) is 2.82. The van der Waals surface area contributed by atoms with Gasteiger partial charge in [0.2, 0.25) is 0 Å². The van der Waals surface area contributed by atoms with Crippen molar-refractivity contribution in [3.63, 3.8) is 0 Å². The van der Waals surface area contributed by atoms with Gasteiger partial charge in [0.25, 0.3) is 5.69 Å². The van der Waals surface area contributed by atoms with E-state index in [2.05, 4.69) is 10.1 Å². The Kier molecular flexibility index (Phi) is 3.36. The molecule has 0 N–H and O–H groups in total. The molecule has 2 aromatic rings. The number of nitrogens with zero attached hydrogens (tertiary/aromatic N) is 4.